The Balaban J connectivity index is 0.000000216. The first-order valence-electron chi connectivity index (χ1n) is 12.6. The largest absolute Gasteiger partial charge is 0.358 e. The minimum Gasteiger partial charge on any atom is -0.358 e. The molecule has 3 aliphatic heterocycles. The molecule has 2 aromatic rings. The van der Waals surface area contributed by atoms with E-state index in [0.29, 0.717) is 5.82 Å². The number of rotatable bonds is 5. The van der Waals surface area contributed by atoms with Gasteiger partial charge in [0, 0.05) is 35.5 Å². The standard InChI is InChI=1S/C20H21N3OS.C11H13NO/c1-5-15(18-20(24)23-14(4)22-18)10-9-12(2)16-7-6-8-17-19(16)25-11-13(3)21-17;1-3-8-4-5-9-7-12(2)11(13)10(9)6-8/h5-10,18,21-22H,1,3-4,11H2,2H3,(H,23,24);4-6H,3,7H2,1-2H3/b12-9+,15-10+;. The quantitative estimate of drug-likeness (QED) is 0.441. The summed E-state index contributed by atoms with van der Waals surface area (Å²) in [7, 11) is 1.84. The molecule has 0 bridgehead atoms. The Morgan fingerprint density at radius 1 is 1.16 bits per heavy atom. The number of carbonyl (C=O) groups excluding carboxylic acids is 2. The molecule has 2 aromatic carbocycles. The molecule has 1 fully saturated rings. The molecule has 0 aliphatic carbocycles. The predicted molar refractivity (Wildman–Crippen MR) is 158 cm³/mol. The van der Waals surface area contributed by atoms with Gasteiger partial charge in [0.25, 0.3) is 11.8 Å². The zero-order valence-electron chi connectivity index (χ0n) is 22.2. The highest BCUT2D eigenvalue weighted by Crippen LogP contribution is 2.39. The van der Waals surface area contributed by atoms with E-state index in [1.165, 1.54) is 16.0 Å². The molecule has 0 spiro atoms. The third-order valence-electron chi connectivity index (χ3n) is 6.66. The molecule has 0 saturated carbocycles. The third-order valence-corrected chi connectivity index (χ3v) is 7.88. The van der Waals surface area contributed by atoms with Gasteiger partial charge in [-0.25, -0.2) is 0 Å². The monoisotopic (exact) mass is 526 g/mol. The Morgan fingerprint density at radius 3 is 2.63 bits per heavy atom. The van der Waals surface area contributed by atoms with Crippen LogP contribution in [0.2, 0.25) is 0 Å². The van der Waals surface area contributed by atoms with Gasteiger partial charge in [-0.2, -0.15) is 0 Å². The molecule has 0 radical (unpaired) electrons. The number of aryl methyl sites for hydroxylation is 1. The number of hydrogen-bond donors (Lipinski definition) is 3. The number of benzene rings is 2. The summed E-state index contributed by atoms with van der Waals surface area (Å²) >= 11 is 1.79. The Morgan fingerprint density at radius 2 is 1.95 bits per heavy atom. The first-order valence-corrected chi connectivity index (χ1v) is 13.6. The minimum absolute atomic E-state index is 0.113. The van der Waals surface area contributed by atoms with Crippen LogP contribution in [0.1, 0.15) is 40.9 Å². The Labute approximate surface area is 229 Å². The van der Waals surface area contributed by atoms with Crippen LogP contribution in [0.4, 0.5) is 5.69 Å². The highest BCUT2D eigenvalue weighted by atomic mass is 32.2. The highest BCUT2D eigenvalue weighted by Gasteiger charge is 2.28. The van der Waals surface area contributed by atoms with Crippen LogP contribution in [-0.4, -0.2) is 35.6 Å². The van der Waals surface area contributed by atoms with Crippen LogP contribution in [0, 0.1) is 0 Å². The van der Waals surface area contributed by atoms with Crippen LogP contribution >= 0.6 is 11.8 Å². The van der Waals surface area contributed by atoms with Gasteiger partial charge in [-0.15, -0.1) is 11.8 Å². The third kappa shape index (κ3) is 5.78. The van der Waals surface area contributed by atoms with E-state index < -0.39 is 6.04 Å². The molecule has 3 aliphatic rings. The fourth-order valence-corrected chi connectivity index (χ4v) is 5.58. The number of hydrogen-bond acceptors (Lipinski definition) is 5. The van der Waals surface area contributed by atoms with Crippen molar-refractivity contribution in [3.05, 3.63) is 114 Å². The summed E-state index contributed by atoms with van der Waals surface area (Å²) in [6.07, 6.45) is 6.63. The molecule has 3 N–H and O–H groups in total. The van der Waals surface area contributed by atoms with Crippen LogP contribution in [0.3, 0.4) is 0 Å². The summed E-state index contributed by atoms with van der Waals surface area (Å²) in [5.41, 5.74) is 8.50. The molecular formula is C31H34N4O2S. The van der Waals surface area contributed by atoms with Crippen LogP contribution < -0.4 is 16.0 Å². The average molecular weight is 527 g/mol. The summed E-state index contributed by atoms with van der Waals surface area (Å²) in [4.78, 5) is 26.5. The summed E-state index contributed by atoms with van der Waals surface area (Å²) < 4.78 is 0. The van der Waals surface area contributed by atoms with Crippen molar-refractivity contribution in [1.29, 1.82) is 0 Å². The second kappa shape index (κ2) is 11.6. The van der Waals surface area contributed by atoms with E-state index in [-0.39, 0.29) is 11.8 Å². The van der Waals surface area contributed by atoms with Crippen LogP contribution in [0.15, 0.2) is 96.3 Å². The topological polar surface area (TPSA) is 73.5 Å². The van der Waals surface area contributed by atoms with Crippen molar-refractivity contribution in [1.82, 2.24) is 15.5 Å². The Bertz CT molecular complexity index is 1390. The maximum Gasteiger partial charge on any atom is 0.254 e. The number of amides is 2. The molecule has 2 amide bonds. The van der Waals surface area contributed by atoms with Crippen molar-refractivity contribution < 1.29 is 9.59 Å². The van der Waals surface area contributed by atoms with Crippen molar-refractivity contribution in [3.63, 3.8) is 0 Å². The fraction of sp³-hybridized carbons (Fsp3) is 0.226. The number of nitrogens with zero attached hydrogens (tertiary/aromatic N) is 1. The van der Waals surface area contributed by atoms with Crippen molar-refractivity contribution in [2.75, 3.05) is 18.1 Å². The molecule has 1 saturated heterocycles. The smallest absolute Gasteiger partial charge is 0.254 e. The molecule has 6 nitrogen and oxygen atoms in total. The normalized spacial score (nSPS) is 18.6. The number of nitrogens with one attached hydrogen (secondary N) is 3. The van der Waals surface area contributed by atoms with Crippen LogP contribution in [-0.2, 0) is 17.8 Å². The van der Waals surface area contributed by atoms with E-state index in [4.69, 9.17) is 0 Å². The first-order chi connectivity index (χ1) is 18.2. The van der Waals surface area contributed by atoms with E-state index in [1.807, 2.05) is 31.3 Å². The lowest BCUT2D eigenvalue weighted by Gasteiger charge is -2.22. The molecular weight excluding hydrogens is 492 g/mol. The van der Waals surface area contributed by atoms with Gasteiger partial charge in [0.15, 0.2) is 0 Å². The van der Waals surface area contributed by atoms with Gasteiger partial charge in [0.2, 0.25) is 0 Å². The maximum atomic E-state index is 12.0. The van der Waals surface area contributed by atoms with Gasteiger partial charge >= 0.3 is 0 Å². The van der Waals surface area contributed by atoms with E-state index in [2.05, 4.69) is 73.8 Å². The Hall–Kier alpha value is -3.97. The Kier molecular flexibility index (Phi) is 8.27. The maximum absolute atomic E-state index is 12.0. The lowest BCUT2D eigenvalue weighted by Crippen LogP contribution is -2.29. The number of carbonyl (C=O) groups is 2. The minimum atomic E-state index is -0.446. The zero-order chi connectivity index (χ0) is 27.4. The number of thioether (sulfide) groups is 1. The lowest BCUT2D eigenvalue weighted by molar-refractivity contribution is -0.119. The van der Waals surface area contributed by atoms with E-state index in [1.54, 1.807) is 22.7 Å². The zero-order valence-corrected chi connectivity index (χ0v) is 23.0. The van der Waals surface area contributed by atoms with Crippen LogP contribution in [0.5, 0.6) is 0 Å². The summed E-state index contributed by atoms with van der Waals surface area (Å²) in [5.74, 6) is 1.42. The fourth-order valence-electron chi connectivity index (χ4n) is 4.53. The van der Waals surface area contributed by atoms with Gasteiger partial charge in [0.05, 0.1) is 11.5 Å². The van der Waals surface area contributed by atoms with Crippen molar-refractivity contribution >= 4 is 34.8 Å². The molecule has 1 atom stereocenters. The molecule has 38 heavy (non-hydrogen) atoms. The summed E-state index contributed by atoms with van der Waals surface area (Å²) in [5, 5.41) is 9.04. The predicted octanol–water partition coefficient (Wildman–Crippen LogP) is 5.63. The molecule has 3 heterocycles. The average Bonchev–Trinajstić information content (AvgIpc) is 3.40. The number of fused-ring (bicyclic) bond motifs is 2. The molecule has 1 unspecified atom stereocenters. The van der Waals surface area contributed by atoms with Crippen molar-refractivity contribution in [3.8, 4) is 0 Å². The number of anilines is 1. The molecule has 5 rings (SSSR count). The van der Waals surface area contributed by atoms with Crippen molar-refractivity contribution in [2.24, 2.45) is 0 Å². The van der Waals surface area contributed by atoms with E-state index >= 15 is 0 Å². The van der Waals surface area contributed by atoms with Crippen molar-refractivity contribution in [2.45, 2.75) is 37.8 Å². The summed E-state index contributed by atoms with van der Waals surface area (Å²) in [6, 6.07) is 11.9. The van der Waals surface area contributed by atoms with E-state index in [0.717, 1.165) is 52.4 Å². The second-order valence-electron chi connectivity index (χ2n) is 9.47. The summed E-state index contributed by atoms with van der Waals surface area (Å²) in [6.45, 7) is 16.5. The van der Waals surface area contributed by atoms with Gasteiger partial charge < -0.3 is 20.9 Å². The second-order valence-corrected chi connectivity index (χ2v) is 10.5. The molecule has 0 aromatic heterocycles. The van der Waals surface area contributed by atoms with Gasteiger partial charge in [-0.1, -0.05) is 69.2 Å². The number of allylic oxidation sites excluding steroid dienone is 3. The van der Waals surface area contributed by atoms with Gasteiger partial charge in [0.1, 0.15) is 6.04 Å². The molecule has 196 valence electrons. The first kappa shape index (κ1) is 27.1. The van der Waals surface area contributed by atoms with Crippen LogP contribution in [0.25, 0.3) is 5.57 Å². The van der Waals surface area contributed by atoms with E-state index in [9.17, 15) is 9.59 Å². The van der Waals surface area contributed by atoms with Gasteiger partial charge in [-0.05, 0) is 53.3 Å². The highest BCUT2D eigenvalue weighted by molar-refractivity contribution is 7.99. The molecule has 7 heteroatoms. The lowest BCUT2D eigenvalue weighted by atomic mass is 10.0. The van der Waals surface area contributed by atoms with Gasteiger partial charge in [-0.3, -0.25) is 9.59 Å². The SMILES string of the molecule is C=C/C(=C\C=C(/C)c1cccc2c1SCC(=C)N2)C1NC(=C)NC1=O.CCc1ccc2c(c1)C(=O)N(C)C2.